The Kier molecular flexibility index (Phi) is 11.1. The maximum Gasteiger partial charge on any atom is 0.276 e. The van der Waals surface area contributed by atoms with Crippen molar-refractivity contribution in [3.63, 3.8) is 0 Å². The Hall–Kier alpha value is -5.15. The lowest BCUT2D eigenvalue weighted by Crippen LogP contribution is -2.43. The molecule has 51 heavy (non-hydrogen) atoms. The lowest BCUT2D eigenvalue weighted by atomic mass is 9.81. The van der Waals surface area contributed by atoms with Crippen LogP contribution in [0, 0.1) is 13.8 Å². The maximum atomic E-state index is 13.5. The van der Waals surface area contributed by atoms with Crippen molar-refractivity contribution in [3.05, 3.63) is 65.0 Å². The van der Waals surface area contributed by atoms with Gasteiger partial charge < -0.3 is 34.6 Å². The molecule has 1 aliphatic rings. The van der Waals surface area contributed by atoms with Gasteiger partial charge in [-0.15, -0.1) is 0 Å². The largest absolute Gasteiger partial charge is 0.494 e. The summed E-state index contributed by atoms with van der Waals surface area (Å²) >= 11 is 0. The van der Waals surface area contributed by atoms with E-state index in [1.54, 1.807) is 30.0 Å². The molecule has 3 aromatic heterocycles. The molecule has 1 saturated heterocycles. The summed E-state index contributed by atoms with van der Waals surface area (Å²) in [5.74, 6) is 0.805. The number of fused-ring (bicyclic) bond motifs is 2. The molecule has 0 saturated carbocycles. The summed E-state index contributed by atoms with van der Waals surface area (Å²) in [7, 11) is 3.56. The van der Waals surface area contributed by atoms with Crippen LogP contribution in [0.25, 0.3) is 22.1 Å². The number of aryl methyl sites for hydroxylation is 3. The van der Waals surface area contributed by atoms with Crippen LogP contribution in [-0.2, 0) is 19.6 Å². The van der Waals surface area contributed by atoms with Crippen molar-refractivity contribution in [2.24, 2.45) is 5.73 Å². The predicted molar refractivity (Wildman–Crippen MR) is 200 cm³/mol. The highest BCUT2D eigenvalue weighted by atomic mass is 16.5. The number of primary amides is 1. The summed E-state index contributed by atoms with van der Waals surface area (Å²) in [5, 5.41) is 10.8. The fraction of sp³-hybridized carbons (Fsp3) is 0.417. The zero-order valence-electron chi connectivity index (χ0n) is 30.0. The molecule has 1 radical (unpaired) electrons. The number of anilines is 1. The van der Waals surface area contributed by atoms with Gasteiger partial charge in [-0.1, -0.05) is 19.0 Å². The maximum absolute atomic E-state index is 13.5. The second-order valence-electron chi connectivity index (χ2n) is 12.7. The average Bonchev–Trinajstić information content (AvgIpc) is 3.80. The van der Waals surface area contributed by atoms with Crippen molar-refractivity contribution in [1.82, 2.24) is 39.1 Å². The van der Waals surface area contributed by atoms with Gasteiger partial charge in [-0.3, -0.25) is 19.6 Å². The van der Waals surface area contributed by atoms with E-state index in [9.17, 15) is 9.59 Å². The van der Waals surface area contributed by atoms with Crippen LogP contribution in [0.5, 0.6) is 11.5 Å². The molecule has 0 bridgehead atoms. The second-order valence-corrected chi connectivity index (χ2v) is 12.7. The van der Waals surface area contributed by atoms with E-state index in [0.29, 0.717) is 66.0 Å². The van der Waals surface area contributed by atoms with E-state index in [1.165, 1.54) is 0 Å². The Bertz CT molecular complexity index is 2080. The number of imidazole rings is 2. The molecule has 14 nitrogen and oxygen atoms in total. The molecule has 4 heterocycles. The summed E-state index contributed by atoms with van der Waals surface area (Å²) in [6, 6.07) is 9.12. The zero-order chi connectivity index (χ0) is 36.1. The van der Waals surface area contributed by atoms with E-state index in [2.05, 4.69) is 25.2 Å². The molecule has 2 aromatic carbocycles. The highest BCUT2D eigenvalue weighted by molar-refractivity contribution is 6.50. The summed E-state index contributed by atoms with van der Waals surface area (Å²) in [4.78, 5) is 37.8. The van der Waals surface area contributed by atoms with Crippen molar-refractivity contribution in [3.8, 4) is 11.5 Å². The number of nitrogens with one attached hydrogen (secondary N) is 2. The molecular weight excluding hydrogens is 647 g/mol. The van der Waals surface area contributed by atoms with Crippen LogP contribution in [0.15, 0.2) is 42.5 Å². The Labute approximate surface area is 298 Å². The van der Waals surface area contributed by atoms with E-state index >= 15 is 0 Å². The third-order valence-electron chi connectivity index (χ3n) is 9.04. The van der Waals surface area contributed by atoms with E-state index in [4.69, 9.17) is 25.2 Å². The Morgan fingerprint density at radius 2 is 1.73 bits per heavy atom. The highest BCUT2D eigenvalue weighted by Gasteiger charge is 2.21. The third-order valence-corrected chi connectivity index (χ3v) is 9.04. The van der Waals surface area contributed by atoms with Gasteiger partial charge in [0.2, 0.25) is 11.9 Å². The number of ether oxygens (including phenoxy) is 2. The van der Waals surface area contributed by atoms with Crippen LogP contribution in [0.3, 0.4) is 0 Å². The van der Waals surface area contributed by atoms with Crippen LogP contribution in [0.1, 0.15) is 45.4 Å². The van der Waals surface area contributed by atoms with E-state index in [1.807, 2.05) is 63.7 Å². The van der Waals surface area contributed by atoms with Crippen molar-refractivity contribution < 1.29 is 19.1 Å². The van der Waals surface area contributed by atoms with Crippen LogP contribution in [0.4, 0.5) is 5.95 Å². The average molecular weight is 694 g/mol. The van der Waals surface area contributed by atoms with Gasteiger partial charge in [0, 0.05) is 57.9 Å². The fourth-order valence-electron chi connectivity index (χ4n) is 6.60. The first-order valence-corrected chi connectivity index (χ1v) is 17.5. The van der Waals surface area contributed by atoms with E-state index < -0.39 is 5.91 Å². The van der Waals surface area contributed by atoms with Gasteiger partial charge in [0.1, 0.15) is 28.2 Å². The molecule has 2 amide bonds. The van der Waals surface area contributed by atoms with Gasteiger partial charge in [0.05, 0.1) is 36.2 Å². The molecule has 0 unspecified atom stereocenters. The van der Waals surface area contributed by atoms with Crippen molar-refractivity contribution in [1.29, 1.82) is 0 Å². The molecule has 267 valence electrons. The number of piperazine rings is 1. The number of hydrogen-bond donors (Lipinski definition) is 3. The van der Waals surface area contributed by atoms with Crippen LogP contribution in [0.2, 0.25) is 6.82 Å². The SMILES string of the molecule is C[B]c1nc2cc(C(N)=O)cc(OCCCN3CCNCC3)c2n1C/C=C/Cn1c(NC(=O)c2cc(C)nn2CC)nc2cc(C)cc(OC)c21. The van der Waals surface area contributed by atoms with Crippen molar-refractivity contribution in [2.45, 2.75) is 53.6 Å². The van der Waals surface area contributed by atoms with Crippen LogP contribution in [-0.4, -0.2) is 99.3 Å². The molecule has 1 aliphatic heterocycles. The lowest BCUT2D eigenvalue weighted by molar-refractivity contribution is 0.0995. The number of carbonyl (C=O) groups is 2. The number of amides is 2. The highest BCUT2D eigenvalue weighted by Crippen LogP contribution is 2.31. The lowest BCUT2D eigenvalue weighted by Gasteiger charge is -2.27. The van der Waals surface area contributed by atoms with E-state index in [-0.39, 0.29) is 5.91 Å². The minimum absolute atomic E-state index is 0.294. The number of methoxy groups -OCH3 is 1. The number of aromatic nitrogens is 6. The second kappa shape index (κ2) is 15.8. The monoisotopic (exact) mass is 693 g/mol. The topological polar surface area (TPSA) is 159 Å². The quantitative estimate of drug-likeness (QED) is 0.0852. The first-order valence-electron chi connectivity index (χ1n) is 17.5. The Morgan fingerprint density at radius 3 is 2.43 bits per heavy atom. The van der Waals surface area contributed by atoms with Gasteiger partial charge >= 0.3 is 0 Å². The molecule has 0 aliphatic carbocycles. The minimum Gasteiger partial charge on any atom is -0.494 e. The van der Waals surface area contributed by atoms with Crippen molar-refractivity contribution >= 4 is 52.8 Å². The number of carbonyl (C=O) groups excluding carboxylic acids is 2. The Morgan fingerprint density at radius 1 is 1.00 bits per heavy atom. The fourth-order valence-corrected chi connectivity index (χ4v) is 6.60. The first-order chi connectivity index (χ1) is 24.7. The number of nitrogens with two attached hydrogens (primary N) is 1. The molecule has 0 spiro atoms. The molecule has 5 aromatic rings. The smallest absolute Gasteiger partial charge is 0.276 e. The Balaban J connectivity index is 1.27. The summed E-state index contributed by atoms with van der Waals surface area (Å²) in [6.07, 6.45) is 4.91. The molecule has 4 N–H and O–H groups in total. The summed E-state index contributed by atoms with van der Waals surface area (Å²) in [6.45, 7) is 14.6. The normalized spacial score (nSPS) is 13.7. The number of rotatable bonds is 15. The summed E-state index contributed by atoms with van der Waals surface area (Å²) in [5.41, 5.74) is 11.9. The van der Waals surface area contributed by atoms with Crippen LogP contribution >= 0.6 is 0 Å². The number of benzene rings is 2. The number of hydrogen-bond acceptors (Lipinski definition) is 9. The molecule has 15 heteroatoms. The number of allylic oxidation sites excluding steroid dienone is 2. The van der Waals surface area contributed by atoms with Gasteiger partial charge in [-0.2, -0.15) is 5.10 Å². The molecule has 0 atom stereocenters. The predicted octanol–water partition coefficient (Wildman–Crippen LogP) is 2.89. The first kappa shape index (κ1) is 35.7. The third kappa shape index (κ3) is 7.79. The molecule has 1 fully saturated rings. The minimum atomic E-state index is -0.533. The number of nitrogens with zero attached hydrogens (tertiary/aromatic N) is 7. The standard InChI is InChI=1S/C36H46BN10O4/c1-6-47-28(20-24(3)43-47)34(49)42-36-41-26-18-23(2)19-29(50-5)31(26)46(36)14-8-7-13-45-32-27(40-35(45)37-4)21-25(33(38)48)22-30(32)51-17-9-12-44-15-10-39-11-16-44/h7-8,18-22,39H,6,9-17H2,1-5H3,(H2,38,48)(H,41,42,49)/b8-7+. The van der Waals surface area contributed by atoms with Gasteiger partial charge in [-0.05, 0) is 63.1 Å². The van der Waals surface area contributed by atoms with Gasteiger partial charge in [-0.25, -0.2) is 9.97 Å². The van der Waals surface area contributed by atoms with Gasteiger partial charge in [0.25, 0.3) is 5.91 Å². The van der Waals surface area contributed by atoms with Crippen molar-refractivity contribution in [2.75, 3.05) is 51.8 Å². The molecular formula is C36H46BN10O4. The summed E-state index contributed by atoms with van der Waals surface area (Å²) < 4.78 is 17.8. The molecule has 6 rings (SSSR count). The van der Waals surface area contributed by atoms with E-state index in [0.717, 1.165) is 67.2 Å². The van der Waals surface area contributed by atoms with Gasteiger partial charge in [0.15, 0.2) is 7.28 Å². The van der Waals surface area contributed by atoms with Crippen LogP contribution < -0.4 is 31.6 Å². The zero-order valence-corrected chi connectivity index (χ0v) is 30.0.